The van der Waals surface area contributed by atoms with Gasteiger partial charge >= 0.3 is 6.01 Å². The van der Waals surface area contributed by atoms with E-state index in [2.05, 4.69) is 64.2 Å². The molecule has 5 rings (SSSR count). The van der Waals surface area contributed by atoms with Gasteiger partial charge in [0.1, 0.15) is 12.4 Å². The normalized spacial score (nSPS) is 15.3. The third-order valence-corrected chi connectivity index (χ3v) is 6.90. The number of nitrogens with zero attached hydrogens (tertiary/aromatic N) is 5. The van der Waals surface area contributed by atoms with Gasteiger partial charge in [-0.25, -0.2) is 0 Å². The van der Waals surface area contributed by atoms with Gasteiger partial charge in [0, 0.05) is 56.3 Å². The van der Waals surface area contributed by atoms with E-state index in [0.717, 1.165) is 30.0 Å². The van der Waals surface area contributed by atoms with Gasteiger partial charge < -0.3 is 24.8 Å². The van der Waals surface area contributed by atoms with Crippen LogP contribution in [0, 0.1) is 0 Å². The molecule has 0 saturated carbocycles. The van der Waals surface area contributed by atoms with Gasteiger partial charge in [0.25, 0.3) is 0 Å². The van der Waals surface area contributed by atoms with E-state index < -0.39 is 0 Å². The highest BCUT2D eigenvalue weighted by Gasteiger charge is 2.28. The van der Waals surface area contributed by atoms with Crippen molar-refractivity contribution in [2.45, 2.75) is 19.9 Å². The molecule has 1 aromatic heterocycles. The van der Waals surface area contributed by atoms with E-state index >= 15 is 0 Å². The van der Waals surface area contributed by atoms with Gasteiger partial charge in [0.2, 0.25) is 11.8 Å². The Morgan fingerprint density at radius 3 is 2.59 bits per heavy atom. The van der Waals surface area contributed by atoms with Gasteiger partial charge in [-0.05, 0) is 23.9 Å². The first-order valence-corrected chi connectivity index (χ1v) is 12.7. The summed E-state index contributed by atoms with van der Waals surface area (Å²) in [6.45, 7) is 9.85. The first kappa shape index (κ1) is 24.5. The highest BCUT2D eigenvalue weighted by atomic mass is 16.5. The third kappa shape index (κ3) is 5.35. The SMILES string of the molecule is C=CC(=O)N1CCN(c2nc(OCCNC(C)=O)nc3c2CCN(c2cccc4ccccc24)C3)CC1. The third-order valence-electron chi connectivity index (χ3n) is 6.90. The Kier molecular flexibility index (Phi) is 7.20. The number of ether oxygens (including phenoxy) is 1. The van der Waals surface area contributed by atoms with Crippen molar-refractivity contribution in [1.29, 1.82) is 0 Å². The van der Waals surface area contributed by atoms with Crippen molar-refractivity contribution in [3.63, 3.8) is 0 Å². The van der Waals surface area contributed by atoms with Crippen LogP contribution in [0.2, 0.25) is 0 Å². The standard InChI is InChI=1S/C28H32N6O3/c1-3-26(36)32-14-16-33(17-15-32)27-23-11-13-34(25-10-6-8-21-7-4-5-9-22(21)25)19-24(23)30-28(31-27)37-18-12-29-20(2)35/h3-10H,1,11-19H2,2H3,(H,29,35). The molecule has 0 spiro atoms. The maximum absolute atomic E-state index is 12.1. The zero-order valence-corrected chi connectivity index (χ0v) is 21.2. The van der Waals surface area contributed by atoms with Crippen LogP contribution >= 0.6 is 0 Å². The second kappa shape index (κ2) is 10.9. The number of carbonyl (C=O) groups excluding carboxylic acids is 2. The minimum atomic E-state index is -0.103. The molecule has 2 aliphatic rings. The molecule has 0 aliphatic carbocycles. The van der Waals surface area contributed by atoms with Crippen molar-refractivity contribution in [2.75, 3.05) is 55.7 Å². The average molecular weight is 501 g/mol. The van der Waals surface area contributed by atoms with E-state index in [1.807, 2.05) is 4.90 Å². The Bertz CT molecular complexity index is 1310. The summed E-state index contributed by atoms with van der Waals surface area (Å²) in [5.74, 6) is 0.730. The van der Waals surface area contributed by atoms with Gasteiger partial charge in [-0.2, -0.15) is 9.97 Å². The maximum Gasteiger partial charge on any atom is 0.318 e. The zero-order chi connectivity index (χ0) is 25.8. The Morgan fingerprint density at radius 2 is 1.81 bits per heavy atom. The molecule has 1 fully saturated rings. The molecule has 0 bridgehead atoms. The molecule has 37 heavy (non-hydrogen) atoms. The summed E-state index contributed by atoms with van der Waals surface area (Å²) in [6, 6.07) is 15.1. The molecule has 192 valence electrons. The monoisotopic (exact) mass is 500 g/mol. The molecular formula is C28H32N6O3. The number of benzene rings is 2. The number of fused-ring (bicyclic) bond motifs is 2. The molecule has 0 atom stereocenters. The van der Waals surface area contributed by atoms with E-state index in [-0.39, 0.29) is 18.4 Å². The quantitative estimate of drug-likeness (QED) is 0.394. The number of rotatable bonds is 7. The molecule has 2 aliphatic heterocycles. The molecule has 3 heterocycles. The predicted octanol–water partition coefficient (Wildman–Crippen LogP) is 2.54. The van der Waals surface area contributed by atoms with Crippen LogP contribution in [0.3, 0.4) is 0 Å². The lowest BCUT2D eigenvalue weighted by atomic mass is 10.0. The lowest BCUT2D eigenvalue weighted by Gasteiger charge is -2.38. The fourth-order valence-electron chi connectivity index (χ4n) is 5.04. The molecule has 9 nitrogen and oxygen atoms in total. The number of hydrogen-bond donors (Lipinski definition) is 1. The van der Waals surface area contributed by atoms with Crippen molar-refractivity contribution in [3.05, 3.63) is 66.4 Å². The van der Waals surface area contributed by atoms with Gasteiger partial charge in [-0.15, -0.1) is 0 Å². The van der Waals surface area contributed by atoms with E-state index in [9.17, 15) is 9.59 Å². The second-order valence-corrected chi connectivity index (χ2v) is 9.27. The van der Waals surface area contributed by atoms with Crippen LogP contribution in [-0.2, 0) is 22.6 Å². The van der Waals surface area contributed by atoms with Crippen molar-refractivity contribution < 1.29 is 14.3 Å². The number of carbonyl (C=O) groups is 2. The molecule has 0 unspecified atom stereocenters. The molecule has 1 saturated heterocycles. The molecule has 9 heteroatoms. The minimum Gasteiger partial charge on any atom is -0.462 e. The van der Waals surface area contributed by atoms with Crippen LogP contribution in [0.15, 0.2) is 55.1 Å². The second-order valence-electron chi connectivity index (χ2n) is 9.27. The highest BCUT2D eigenvalue weighted by Crippen LogP contribution is 2.34. The van der Waals surface area contributed by atoms with Crippen molar-refractivity contribution in [2.24, 2.45) is 0 Å². The summed E-state index contributed by atoms with van der Waals surface area (Å²) >= 11 is 0. The predicted molar refractivity (Wildman–Crippen MR) is 144 cm³/mol. The lowest BCUT2D eigenvalue weighted by molar-refractivity contribution is -0.126. The Hall–Kier alpha value is -4.14. The van der Waals surface area contributed by atoms with Crippen LogP contribution in [0.5, 0.6) is 6.01 Å². The molecular weight excluding hydrogens is 468 g/mol. The summed E-state index contributed by atoms with van der Waals surface area (Å²) in [4.78, 5) is 39.3. The van der Waals surface area contributed by atoms with Crippen LogP contribution in [0.25, 0.3) is 10.8 Å². The molecule has 0 radical (unpaired) electrons. The Balaban J connectivity index is 1.42. The number of anilines is 2. The van der Waals surface area contributed by atoms with Crippen molar-refractivity contribution >= 4 is 34.1 Å². The maximum atomic E-state index is 12.1. The first-order chi connectivity index (χ1) is 18.0. The van der Waals surface area contributed by atoms with Crippen LogP contribution in [0.1, 0.15) is 18.2 Å². The summed E-state index contributed by atoms with van der Waals surface area (Å²) in [6.07, 6.45) is 2.18. The number of aromatic nitrogens is 2. The van der Waals surface area contributed by atoms with E-state index in [0.29, 0.717) is 45.3 Å². The van der Waals surface area contributed by atoms with E-state index in [1.54, 1.807) is 0 Å². The number of amides is 2. The van der Waals surface area contributed by atoms with Crippen molar-refractivity contribution in [3.8, 4) is 6.01 Å². The van der Waals surface area contributed by atoms with Gasteiger partial charge in [0.15, 0.2) is 0 Å². The molecule has 2 amide bonds. The Labute approximate surface area is 216 Å². The zero-order valence-electron chi connectivity index (χ0n) is 21.2. The number of piperazine rings is 1. The summed E-state index contributed by atoms with van der Waals surface area (Å²) in [7, 11) is 0. The fourth-order valence-corrected chi connectivity index (χ4v) is 5.04. The topological polar surface area (TPSA) is 90.9 Å². The van der Waals surface area contributed by atoms with Gasteiger partial charge in [-0.1, -0.05) is 43.0 Å². The van der Waals surface area contributed by atoms with Crippen LogP contribution in [-0.4, -0.2) is 72.6 Å². The fraction of sp³-hybridized carbons (Fsp3) is 0.357. The average Bonchev–Trinajstić information content (AvgIpc) is 2.94. The number of hydrogen-bond acceptors (Lipinski definition) is 7. The number of nitrogens with one attached hydrogen (secondary N) is 1. The van der Waals surface area contributed by atoms with E-state index in [1.165, 1.54) is 29.5 Å². The summed E-state index contributed by atoms with van der Waals surface area (Å²) in [5.41, 5.74) is 3.27. The van der Waals surface area contributed by atoms with Crippen molar-refractivity contribution in [1.82, 2.24) is 20.2 Å². The summed E-state index contributed by atoms with van der Waals surface area (Å²) in [5, 5.41) is 5.17. The smallest absolute Gasteiger partial charge is 0.318 e. The molecule has 2 aromatic carbocycles. The minimum absolute atomic E-state index is 0.0444. The summed E-state index contributed by atoms with van der Waals surface area (Å²) < 4.78 is 5.88. The van der Waals surface area contributed by atoms with Gasteiger partial charge in [-0.3, -0.25) is 9.59 Å². The Morgan fingerprint density at radius 1 is 1.03 bits per heavy atom. The molecule has 1 N–H and O–H groups in total. The molecule has 3 aromatic rings. The van der Waals surface area contributed by atoms with E-state index in [4.69, 9.17) is 14.7 Å². The lowest BCUT2D eigenvalue weighted by Crippen LogP contribution is -2.49. The first-order valence-electron chi connectivity index (χ1n) is 12.7. The van der Waals surface area contributed by atoms with Crippen LogP contribution < -0.4 is 19.9 Å². The van der Waals surface area contributed by atoms with Crippen LogP contribution in [0.4, 0.5) is 11.5 Å². The highest BCUT2D eigenvalue weighted by molar-refractivity contribution is 5.94. The largest absolute Gasteiger partial charge is 0.462 e. The van der Waals surface area contributed by atoms with Gasteiger partial charge in [0.05, 0.1) is 18.8 Å².